The Morgan fingerprint density at radius 2 is 1.85 bits per heavy atom. The highest BCUT2D eigenvalue weighted by Crippen LogP contribution is 2.17. The van der Waals surface area contributed by atoms with Gasteiger partial charge in [-0.2, -0.15) is 5.26 Å². The predicted octanol–water partition coefficient (Wildman–Crippen LogP) is 3.51. The highest BCUT2D eigenvalue weighted by molar-refractivity contribution is 5.31. The molecule has 0 saturated heterocycles. The van der Waals surface area contributed by atoms with Gasteiger partial charge in [-0.3, -0.25) is 0 Å². The van der Waals surface area contributed by atoms with Gasteiger partial charge in [0.1, 0.15) is 11.9 Å². The summed E-state index contributed by atoms with van der Waals surface area (Å²) in [6.07, 6.45) is 1.79. The maximum atomic E-state index is 9.13. The van der Waals surface area contributed by atoms with Crippen molar-refractivity contribution in [1.82, 2.24) is 9.55 Å². The number of benzene rings is 1. The molecule has 0 aliphatic carbocycles. The molecule has 20 heavy (non-hydrogen) atoms. The molecule has 0 radical (unpaired) electrons. The van der Waals surface area contributed by atoms with Crippen LogP contribution in [0.1, 0.15) is 48.1 Å². The van der Waals surface area contributed by atoms with E-state index in [4.69, 9.17) is 5.26 Å². The molecule has 1 aromatic carbocycles. The Bertz CT molecular complexity index is 627. The van der Waals surface area contributed by atoms with Gasteiger partial charge in [0.2, 0.25) is 0 Å². The molecular formula is C17H21N3. The highest BCUT2D eigenvalue weighted by atomic mass is 15.1. The fourth-order valence-electron chi connectivity index (χ4n) is 2.36. The van der Waals surface area contributed by atoms with Crippen molar-refractivity contribution in [2.24, 2.45) is 7.05 Å². The summed E-state index contributed by atoms with van der Waals surface area (Å²) >= 11 is 0. The van der Waals surface area contributed by atoms with Crippen molar-refractivity contribution in [1.29, 1.82) is 5.26 Å². The molecule has 0 unspecified atom stereocenters. The summed E-state index contributed by atoms with van der Waals surface area (Å²) in [4.78, 5) is 4.28. The number of hydrogen-bond donors (Lipinski definition) is 0. The van der Waals surface area contributed by atoms with Crippen molar-refractivity contribution in [2.75, 3.05) is 0 Å². The first-order chi connectivity index (χ1) is 9.52. The fraction of sp³-hybridized carbons (Fsp3) is 0.412. The lowest BCUT2D eigenvalue weighted by Crippen LogP contribution is -2.02. The topological polar surface area (TPSA) is 41.6 Å². The Labute approximate surface area is 120 Å². The van der Waals surface area contributed by atoms with Crippen LogP contribution in [0, 0.1) is 18.3 Å². The third-order valence-electron chi connectivity index (χ3n) is 3.84. The van der Waals surface area contributed by atoms with E-state index in [1.807, 2.05) is 18.5 Å². The minimum Gasteiger partial charge on any atom is -0.334 e. The van der Waals surface area contributed by atoms with E-state index in [2.05, 4.69) is 49.2 Å². The minimum absolute atomic E-state index is 0.559. The maximum Gasteiger partial charge on any atom is 0.161 e. The second-order valence-corrected chi connectivity index (χ2v) is 5.52. The van der Waals surface area contributed by atoms with Crippen molar-refractivity contribution in [3.8, 4) is 6.07 Å². The number of nitriles is 1. The van der Waals surface area contributed by atoms with Gasteiger partial charge in [-0.05, 0) is 36.8 Å². The molecule has 1 heterocycles. The number of nitrogens with zero attached hydrogens (tertiary/aromatic N) is 3. The lowest BCUT2D eigenvalue weighted by atomic mass is 10.00. The largest absolute Gasteiger partial charge is 0.334 e. The van der Waals surface area contributed by atoms with Crippen molar-refractivity contribution in [2.45, 2.75) is 39.5 Å². The standard InChI is InChI=1S/C17H21N3/c1-12(2)15-8-5-14(6-9-15)7-10-17-16(11-18)19-13(3)20(17)4/h5-6,8-9,12H,7,10H2,1-4H3. The van der Waals surface area contributed by atoms with Crippen molar-refractivity contribution < 1.29 is 0 Å². The molecule has 2 aromatic rings. The molecule has 3 nitrogen and oxygen atoms in total. The van der Waals surface area contributed by atoms with Crippen LogP contribution in [-0.2, 0) is 19.9 Å². The second-order valence-electron chi connectivity index (χ2n) is 5.52. The fourth-order valence-corrected chi connectivity index (χ4v) is 2.36. The van der Waals surface area contributed by atoms with E-state index in [0.717, 1.165) is 24.4 Å². The first-order valence-corrected chi connectivity index (χ1v) is 7.04. The average molecular weight is 267 g/mol. The molecule has 0 N–H and O–H groups in total. The SMILES string of the molecule is Cc1nc(C#N)c(CCc2ccc(C(C)C)cc2)n1C. The third-order valence-corrected chi connectivity index (χ3v) is 3.84. The van der Waals surface area contributed by atoms with Crippen LogP contribution in [0.5, 0.6) is 0 Å². The van der Waals surface area contributed by atoms with E-state index in [1.54, 1.807) is 0 Å². The van der Waals surface area contributed by atoms with Crippen LogP contribution < -0.4 is 0 Å². The van der Waals surface area contributed by atoms with Crippen LogP contribution >= 0.6 is 0 Å². The molecule has 0 aliphatic rings. The van der Waals surface area contributed by atoms with Crippen LogP contribution in [0.15, 0.2) is 24.3 Å². The van der Waals surface area contributed by atoms with Crippen LogP contribution in [0.4, 0.5) is 0 Å². The second kappa shape index (κ2) is 5.92. The molecule has 0 amide bonds. The zero-order valence-electron chi connectivity index (χ0n) is 12.6. The van der Waals surface area contributed by atoms with Crippen molar-refractivity contribution in [3.05, 3.63) is 52.6 Å². The summed E-state index contributed by atoms with van der Waals surface area (Å²) in [6.45, 7) is 6.33. The van der Waals surface area contributed by atoms with Gasteiger partial charge in [0.25, 0.3) is 0 Å². The summed E-state index contributed by atoms with van der Waals surface area (Å²) in [7, 11) is 1.97. The zero-order valence-corrected chi connectivity index (χ0v) is 12.6. The van der Waals surface area contributed by atoms with E-state index >= 15 is 0 Å². The van der Waals surface area contributed by atoms with Crippen LogP contribution in [0.3, 0.4) is 0 Å². The summed E-state index contributed by atoms with van der Waals surface area (Å²) in [5.41, 5.74) is 4.25. The summed E-state index contributed by atoms with van der Waals surface area (Å²) < 4.78 is 2.01. The van der Waals surface area contributed by atoms with E-state index in [9.17, 15) is 0 Å². The molecule has 0 spiro atoms. The van der Waals surface area contributed by atoms with Crippen LogP contribution in [0.2, 0.25) is 0 Å². The zero-order chi connectivity index (χ0) is 14.7. The minimum atomic E-state index is 0.559. The molecule has 1 aromatic heterocycles. The molecule has 3 heteroatoms. The molecular weight excluding hydrogens is 246 g/mol. The molecule has 0 fully saturated rings. The normalized spacial score (nSPS) is 10.8. The first-order valence-electron chi connectivity index (χ1n) is 7.04. The lowest BCUT2D eigenvalue weighted by Gasteiger charge is -2.08. The summed E-state index contributed by atoms with van der Waals surface area (Å²) in [5, 5.41) is 9.13. The van der Waals surface area contributed by atoms with Gasteiger partial charge in [0, 0.05) is 7.05 Å². The maximum absolute atomic E-state index is 9.13. The van der Waals surface area contributed by atoms with Crippen molar-refractivity contribution >= 4 is 0 Å². The van der Waals surface area contributed by atoms with Gasteiger partial charge >= 0.3 is 0 Å². The van der Waals surface area contributed by atoms with Gasteiger partial charge in [-0.25, -0.2) is 4.98 Å². The number of aryl methyl sites for hydroxylation is 2. The first kappa shape index (κ1) is 14.3. The van der Waals surface area contributed by atoms with Gasteiger partial charge in [0.05, 0.1) is 5.69 Å². The lowest BCUT2D eigenvalue weighted by molar-refractivity contribution is 0.770. The number of aromatic nitrogens is 2. The molecule has 0 bridgehead atoms. The Morgan fingerprint density at radius 3 is 2.40 bits per heavy atom. The summed E-state index contributed by atoms with van der Waals surface area (Å²) in [5.74, 6) is 1.46. The predicted molar refractivity (Wildman–Crippen MR) is 80.6 cm³/mol. The van der Waals surface area contributed by atoms with E-state index in [0.29, 0.717) is 11.6 Å². The molecule has 104 valence electrons. The number of hydrogen-bond acceptors (Lipinski definition) is 2. The van der Waals surface area contributed by atoms with E-state index in [1.165, 1.54) is 11.1 Å². The van der Waals surface area contributed by atoms with Crippen LogP contribution in [-0.4, -0.2) is 9.55 Å². The molecule has 0 saturated carbocycles. The van der Waals surface area contributed by atoms with Gasteiger partial charge in [-0.1, -0.05) is 38.1 Å². The van der Waals surface area contributed by atoms with Crippen LogP contribution in [0.25, 0.3) is 0 Å². The van der Waals surface area contributed by atoms with Crippen molar-refractivity contribution in [3.63, 3.8) is 0 Å². The average Bonchev–Trinajstić information content (AvgIpc) is 2.72. The Morgan fingerprint density at radius 1 is 1.20 bits per heavy atom. The Kier molecular flexibility index (Phi) is 4.24. The van der Waals surface area contributed by atoms with E-state index in [-0.39, 0.29) is 0 Å². The number of imidazole rings is 1. The Hall–Kier alpha value is -2.08. The summed E-state index contributed by atoms with van der Waals surface area (Å²) in [6, 6.07) is 10.9. The quantitative estimate of drug-likeness (QED) is 0.850. The molecule has 0 aliphatic heterocycles. The number of rotatable bonds is 4. The molecule has 0 atom stereocenters. The van der Waals surface area contributed by atoms with Gasteiger partial charge in [-0.15, -0.1) is 0 Å². The van der Waals surface area contributed by atoms with E-state index < -0.39 is 0 Å². The highest BCUT2D eigenvalue weighted by Gasteiger charge is 2.11. The smallest absolute Gasteiger partial charge is 0.161 e. The Balaban J connectivity index is 2.11. The molecule has 2 rings (SSSR count). The third kappa shape index (κ3) is 2.91. The van der Waals surface area contributed by atoms with Gasteiger partial charge < -0.3 is 4.57 Å². The van der Waals surface area contributed by atoms with Gasteiger partial charge in [0.15, 0.2) is 5.69 Å². The monoisotopic (exact) mass is 267 g/mol.